The molecule has 0 aliphatic carbocycles. The summed E-state index contributed by atoms with van der Waals surface area (Å²) in [5, 5.41) is 0. The van der Waals surface area contributed by atoms with Gasteiger partial charge in [0.15, 0.2) is 0 Å². The molecule has 0 saturated heterocycles. The van der Waals surface area contributed by atoms with Crippen LogP contribution in [0.3, 0.4) is 0 Å². The summed E-state index contributed by atoms with van der Waals surface area (Å²) in [6, 6.07) is 0. The van der Waals surface area contributed by atoms with Crippen LogP contribution in [0.2, 0.25) is 0 Å². The maximum Gasteiger partial charge on any atom is -0.0195 e. The van der Waals surface area contributed by atoms with E-state index in [-0.39, 0.29) is 0 Å². The summed E-state index contributed by atoms with van der Waals surface area (Å²) >= 11 is 0. The minimum Gasteiger partial charge on any atom is -0.333 e. The van der Waals surface area contributed by atoms with Crippen LogP contribution in [0.15, 0.2) is 48.6 Å². The number of nitrogens with two attached hydrogens (primary N) is 1. The zero-order valence-electron chi connectivity index (χ0n) is 10.3. The second kappa shape index (κ2) is 17.9. The van der Waals surface area contributed by atoms with Crippen LogP contribution < -0.4 is 5.73 Å². The van der Waals surface area contributed by atoms with Gasteiger partial charge >= 0.3 is 0 Å². The molecule has 0 saturated carbocycles. The first-order chi connectivity index (χ1) is 6.70. The lowest BCUT2D eigenvalue weighted by molar-refractivity contribution is 1.48. The predicted octanol–water partition coefficient (Wildman–Crippen LogP) is 3.85. The van der Waals surface area contributed by atoms with Crippen molar-refractivity contribution in [3.8, 4) is 0 Å². The Morgan fingerprint density at radius 1 is 1.21 bits per heavy atom. The molecular formula is C13H25N. The Balaban J connectivity index is -0.000000266. The van der Waals surface area contributed by atoms with Crippen LogP contribution in [-0.2, 0) is 0 Å². The molecule has 2 N–H and O–H groups in total. The molecule has 82 valence electrons. The average Bonchev–Trinajstić information content (AvgIpc) is 2.24. The van der Waals surface area contributed by atoms with Crippen LogP contribution in [0.4, 0.5) is 0 Å². The molecule has 1 heteroatoms. The van der Waals surface area contributed by atoms with E-state index in [1.165, 1.54) is 12.6 Å². The molecule has 0 aromatic carbocycles. The molecule has 0 radical (unpaired) electrons. The van der Waals surface area contributed by atoms with Crippen molar-refractivity contribution in [3.63, 3.8) is 0 Å². The van der Waals surface area contributed by atoms with Gasteiger partial charge < -0.3 is 5.73 Å². The van der Waals surface area contributed by atoms with E-state index in [1.54, 1.807) is 6.08 Å². The molecule has 0 atom stereocenters. The minimum absolute atomic E-state index is 0.954. The van der Waals surface area contributed by atoms with Gasteiger partial charge in [-0.25, -0.2) is 0 Å². The lowest BCUT2D eigenvalue weighted by Gasteiger charge is -1.90. The Morgan fingerprint density at radius 3 is 1.93 bits per heavy atom. The van der Waals surface area contributed by atoms with Gasteiger partial charge in [-0.1, -0.05) is 56.9 Å². The predicted molar refractivity (Wildman–Crippen MR) is 69.4 cm³/mol. The molecule has 0 aliphatic rings. The zero-order chi connectivity index (χ0) is 12.0. The van der Waals surface area contributed by atoms with E-state index in [0.29, 0.717) is 0 Å². The average molecular weight is 195 g/mol. The summed E-state index contributed by atoms with van der Waals surface area (Å²) in [5.41, 5.74) is 6.66. The van der Waals surface area contributed by atoms with Gasteiger partial charge in [-0.2, -0.15) is 0 Å². The van der Waals surface area contributed by atoms with E-state index < -0.39 is 0 Å². The minimum atomic E-state index is 0.954. The van der Waals surface area contributed by atoms with Gasteiger partial charge in [0.25, 0.3) is 0 Å². The number of allylic oxidation sites excluding steroid dienone is 6. The highest BCUT2D eigenvalue weighted by molar-refractivity contribution is 5.32. The summed E-state index contributed by atoms with van der Waals surface area (Å²) in [4.78, 5) is 0. The highest BCUT2D eigenvalue weighted by Crippen LogP contribution is 2.01. The van der Waals surface area contributed by atoms with Crippen LogP contribution in [0.25, 0.3) is 0 Å². The number of hydrogen-bond acceptors (Lipinski definition) is 1. The number of hydrogen-bond donors (Lipinski definition) is 1. The van der Waals surface area contributed by atoms with Gasteiger partial charge in [-0.15, -0.1) is 0 Å². The topological polar surface area (TPSA) is 26.0 Å². The summed E-state index contributed by atoms with van der Waals surface area (Å²) in [6.07, 6.45) is 7.77. The van der Waals surface area contributed by atoms with Crippen molar-refractivity contribution in [2.45, 2.75) is 27.7 Å². The zero-order valence-corrected chi connectivity index (χ0v) is 10.3. The standard InChI is InChI=1S/C10H14.C2H6.CH5N/c1-5-7-10(4)8-9(3)6-2;2*1-2/h5-8H,2-3H2,1,4H3;1-2H3;2H2,1H3/b7-5-,10-8-;;. The normalized spacial score (nSPS) is 9.43. The summed E-state index contributed by atoms with van der Waals surface area (Å²) < 4.78 is 0. The Morgan fingerprint density at radius 2 is 1.64 bits per heavy atom. The molecule has 0 aromatic heterocycles. The number of rotatable bonds is 3. The van der Waals surface area contributed by atoms with Crippen LogP contribution in [0.1, 0.15) is 27.7 Å². The third-order valence-electron chi connectivity index (χ3n) is 1.10. The van der Waals surface area contributed by atoms with Crippen molar-refractivity contribution in [1.29, 1.82) is 0 Å². The van der Waals surface area contributed by atoms with Crippen LogP contribution >= 0.6 is 0 Å². The van der Waals surface area contributed by atoms with Crippen molar-refractivity contribution >= 4 is 0 Å². The lowest BCUT2D eigenvalue weighted by atomic mass is 10.2. The first kappa shape index (κ1) is 18.7. The highest BCUT2D eigenvalue weighted by Gasteiger charge is 1.80. The second-order valence-electron chi connectivity index (χ2n) is 2.17. The Bertz CT molecular complexity index is 185. The molecule has 0 aliphatic heterocycles. The van der Waals surface area contributed by atoms with Crippen molar-refractivity contribution in [1.82, 2.24) is 0 Å². The van der Waals surface area contributed by atoms with Gasteiger partial charge in [0.05, 0.1) is 0 Å². The fourth-order valence-electron chi connectivity index (χ4n) is 0.662. The summed E-state index contributed by atoms with van der Waals surface area (Å²) in [7, 11) is 1.50. The molecule has 0 rings (SSSR count). The van der Waals surface area contributed by atoms with Crippen LogP contribution in [-0.4, -0.2) is 7.05 Å². The van der Waals surface area contributed by atoms with E-state index in [4.69, 9.17) is 0 Å². The smallest absolute Gasteiger partial charge is 0.0195 e. The second-order valence-corrected chi connectivity index (χ2v) is 2.17. The fourth-order valence-corrected chi connectivity index (χ4v) is 0.662. The molecule has 0 fully saturated rings. The van der Waals surface area contributed by atoms with Gasteiger partial charge in [-0.3, -0.25) is 0 Å². The van der Waals surface area contributed by atoms with Gasteiger partial charge in [-0.05, 0) is 26.5 Å². The maximum atomic E-state index is 4.50. The Hall–Kier alpha value is -1.08. The molecule has 0 unspecified atom stereocenters. The van der Waals surface area contributed by atoms with E-state index in [0.717, 1.165) is 5.57 Å². The monoisotopic (exact) mass is 195 g/mol. The van der Waals surface area contributed by atoms with E-state index in [9.17, 15) is 0 Å². The lowest BCUT2D eigenvalue weighted by Crippen LogP contribution is -1.69. The molecule has 14 heavy (non-hydrogen) atoms. The fraction of sp³-hybridized carbons (Fsp3) is 0.385. The molecule has 1 nitrogen and oxygen atoms in total. The van der Waals surface area contributed by atoms with Crippen molar-refractivity contribution < 1.29 is 0 Å². The van der Waals surface area contributed by atoms with Gasteiger partial charge in [0.1, 0.15) is 0 Å². The third kappa shape index (κ3) is 17.1. The molecule has 0 bridgehead atoms. The maximum absolute atomic E-state index is 4.50. The molecule has 0 spiro atoms. The van der Waals surface area contributed by atoms with Crippen molar-refractivity contribution in [2.75, 3.05) is 7.05 Å². The van der Waals surface area contributed by atoms with Crippen molar-refractivity contribution in [2.24, 2.45) is 5.73 Å². The molecule has 0 heterocycles. The first-order valence-electron chi connectivity index (χ1n) is 4.90. The van der Waals surface area contributed by atoms with E-state index in [2.05, 4.69) is 18.9 Å². The summed E-state index contributed by atoms with van der Waals surface area (Å²) in [5.74, 6) is 0. The Kier molecular flexibility index (Phi) is 23.8. The van der Waals surface area contributed by atoms with Crippen molar-refractivity contribution in [3.05, 3.63) is 48.6 Å². The van der Waals surface area contributed by atoms with Crippen LogP contribution in [0, 0.1) is 0 Å². The van der Waals surface area contributed by atoms with Crippen LogP contribution in [0.5, 0.6) is 0 Å². The van der Waals surface area contributed by atoms with Gasteiger partial charge in [0.2, 0.25) is 0 Å². The van der Waals surface area contributed by atoms with Gasteiger partial charge in [0, 0.05) is 0 Å². The quantitative estimate of drug-likeness (QED) is 0.680. The third-order valence-corrected chi connectivity index (χ3v) is 1.10. The molecule has 0 amide bonds. The van der Waals surface area contributed by atoms with E-state index in [1.807, 2.05) is 45.9 Å². The molecule has 0 aromatic rings. The highest BCUT2D eigenvalue weighted by atomic mass is 14.4. The largest absolute Gasteiger partial charge is 0.333 e. The van der Waals surface area contributed by atoms with E-state index >= 15 is 0 Å². The molecular weight excluding hydrogens is 170 g/mol. The Labute approximate surface area is 89.7 Å². The summed E-state index contributed by atoms with van der Waals surface area (Å²) in [6.45, 7) is 15.4. The first-order valence-corrected chi connectivity index (χ1v) is 4.90. The SMILES string of the molecule is C=CC(=C)/C=C(C)\C=C/C.CC.CN.